The smallest absolute Gasteiger partial charge is 0.158 e. The van der Waals surface area contributed by atoms with Gasteiger partial charge in [0, 0.05) is 19.7 Å². The Hall–Kier alpha value is -2.21. The van der Waals surface area contributed by atoms with Crippen LogP contribution in [0.2, 0.25) is 0 Å². The summed E-state index contributed by atoms with van der Waals surface area (Å²) in [5, 5.41) is 3.19. The van der Waals surface area contributed by atoms with Crippen molar-refractivity contribution in [2.75, 3.05) is 24.7 Å². The number of ether oxygens (including phenoxy) is 1. The molecule has 0 saturated carbocycles. The Balaban J connectivity index is 1.96. The molecule has 5 nitrogen and oxygen atoms in total. The number of halogens is 1. The molecular formula is C15H19FN4O. The van der Waals surface area contributed by atoms with Gasteiger partial charge in [-0.2, -0.15) is 0 Å². The Labute approximate surface area is 123 Å². The van der Waals surface area contributed by atoms with Crippen molar-refractivity contribution in [1.82, 2.24) is 9.97 Å². The molecule has 0 aliphatic heterocycles. The molecule has 0 spiro atoms. The number of aromatic nitrogens is 2. The summed E-state index contributed by atoms with van der Waals surface area (Å²) in [4.78, 5) is 8.38. The zero-order valence-corrected chi connectivity index (χ0v) is 12.2. The number of hydrogen-bond donors (Lipinski definition) is 2. The van der Waals surface area contributed by atoms with Crippen molar-refractivity contribution in [3.63, 3.8) is 0 Å². The van der Waals surface area contributed by atoms with Crippen LogP contribution in [-0.2, 0) is 17.8 Å². The molecule has 0 aliphatic carbocycles. The Bertz CT molecular complexity index is 619. The highest BCUT2D eigenvalue weighted by molar-refractivity contribution is 5.44. The lowest BCUT2D eigenvalue weighted by molar-refractivity contribution is 0.178. The van der Waals surface area contributed by atoms with Crippen LogP contribution in [0, 0.1) is 12.7 Å². The summed E-state index contributed by atoms with van der Waals surface area (Å²) < 4.78 is 18.0. The number of rotatable bonds is 6. The van der Waals surface area contributed by atoms with Crippen molar-refractivity contribution in [3.8, 4) is 0 Å². The first-order valence-electron chi connectivity index (χ1n) is 6.70. The number of nitrogens with zero attached hydrogens (tertiary/aromatic N) is 2. The van der Waals surface area contributed by atoms with Gasteiger partial charge >= 0.3 is 0 Å². The minimum atomic E-state index is -0.211. The van der Waals surface area contributed by atoms with Gasteiger partial charge in [-0.25, -0.2) is 14.4 Å². The summed E-state index contributed by atoms with van der Waals surface area (Å²) in [5.74, 6) is 1.39. The van der Waals surface area contributed by atoms with Crippen LogP contribution in [0.1, 0.15) is 17.0 Å². The summed E-state index contributed by atoms with van der Waals surface area (Å²) in [6.45, 7) is 2.89. The first kappa shape index (κ1) is 15.2. The van der Waals surface area contributed by atoms with Gasteiger partial charge in [0.1, 0.15) is 24.1 Å². The number of hydrogen-bond acceptors (Lipinski definition) is 5. The Kier molecular flexibility index (Phi) is 5.05. The number of nitrogens with two attached hydrogens (primary N) is 1. The number of methoxy groups -OCH3 is 1. The molecule has 0 aliphatic rings. The van der Waals surface area contributed by atoms with Gasteiger partial charge in [0.15, 0.2) is 5.82 Å². The molecule has 2 aromatic rings. The third-order valence-corrected chi connectivity index (χ3v) is 3.07. The van der Waals surface area contributed by atoms with E-state index < -0.39 is 0 Å². The standard InChI is InChI=1S/C15H19FN4O/c1-10-7-12(16)4-3-11(10)5-6-18-14-8-13(17)19-15(20-14)9-21-2/h3-4,7-8H,5-6,9H2,1-2H3,(H3,17,18,19,20). The third-order valence-electron chi connectivity index (χ3n) is 3.07. The van der Waals surface area contributed by atoms with Crippen LogP contribution in [0.15, 0.2) is 24.3 Å². The predicted molar refractivity (Wildman–Crippen MR) is 80.5 cm³/mol. The third kappa shape index (κ3) is 4.39. The molecule has 0 amide bonds. The average molecular weight is 290 g/mol. The number of benzene rings is 1. The second-order valence-corrected chi connectivity index (χ2v) is 4.77. The predicted octanol–water partition coefficient (Wildman–Crippen LogP) is 2.31. The van der Waals surface area contributed by atoms with E-state index in [1.807, 2.05) is 6.92 Å². The maximum Gasteiger partial charge on any atom is 0.158 e. The van der Waals surface area contributed by atoms with Crippen LogP contribution < -0.4 is 11.1 Å². The summed E-state index contributed by atoms with van der Waals surface area (Å²) in [5.41, 5.74) is 7.77. The molecule has 1 aromatic carbocycles. The Morgan fingerprint density at radius 3 is 2.81 bits per heavy atom. The zero-order chi connectivity index (χ0) is 15.2. The first-order chi connectivity index (χ1) is 10.1. The first-order valence-corrected chi connectivity index (χ1v) is 6.70. The van der Waals surface area contributed by atoms with Crippen LogP contribution in [0.5, 0.6) is 0 Å². The quantitative estimate of drug-likeness (QED) is 0.854. The largest absolute Gasteiger partial charge is 0.384 e. The van der Waals surface area contributed by atoms with Gasteiger partial charge in [-0.1, -0.05) is 6.07 Å². The lowest BCUT2D eigenvalue weighted by Gasteiger charge is -2.09. The van der Waals surface area contributed by atoms with E-state index >= 15 is 0 Å². The summed E-state index contributed by atoms with van der Waals surface area (Å²) >= 11 is 0. The highest BCUT2D eigenvalue weighted by Gasteiger charge is 2.04. The van der Waals surface area contributed by atoms with E-state index in [0.717, 1.165) is 17.5 Å². The summed E-state index contributed by atoms with van der Waals surface area (Å²) in [6.07, 6.45) is 0.773. The molecule has 21 heavy (non-hydrogen) atoms. The second-order valence-electron chi connectivity index (χ2n) is 4.77. The van der Waals surface area contributed by atoms with Gasteiger partial charge in [-0.05, 0) is 36.6 Å². The highest BCUT2D eigenvalue weighted by atomic mass is 19.1. The average Bonchev–Trinajstić information content (AvgIpc) is 2.41. The van der Waals surface area contributed by atoms with Crippen molar-refractivity contribution in [2.24, 2.45) is 0 Å². The number of nitrogens with one attached hydrogen (secondary N) is 1. The van der Waals surface area contributed by atoms with E-state index in [2.05, 4.69) is 15.3 Å². The molecule has 1 heterocycles. The van der Waals surface area contributed by atoms with Gasteiger partial charge in [-0.15, -0.1) is 0 Å². The molecule has 0 bridgehead atoms. The Morgan fingerprint density at radius 1 is 1.29 bits per heavy atom. The van der Waals surface area contributed by atoms with Gasteiger partial charge in [-0.3, -0.25) is 0 Å². The van der Waals surface area contributed by atoms with E-state index in [9.17, 15) is 4.39 Å². The number of aryl methyl sites for hydroxylation is 1. The fourth-order valence-electron chi connectivity index (χ4n) is 2.07. The van der Waals surface area contributed by atoms with Crippen LogP contribution >= 0.6 is 0 Å². The molecule has 3 N–H and O–H groups in total. The van der Waals surface area contributed by atoms with Crippen LogP contribution in [0.4, 0.5) is 16.0 Å². The van der Waals surface area contributed by atoms with Crippen molar-refractivity contribution in [1.29, 1.82) is 0 Å². The van der Waals surface area contributed by atoms with Crippen LogP contribution in [0.3, 0.4) is 0 Å². The van der Waals surface area contributed by atoms with Crippen LogP contribution in [-0.4, -0.2) is 23.6 Å². The molecule has 112 valence electrons. The summed E-state index contributed by atoms with van der Waals surface area (Å²) in [7, 11) is 1.58. The molecule has 6 heteroatoms. The normalized spacial score (nSPS) is 10.6. The fourth-order valence-corrected chi connectivity index (χ4v) is 2.07. The fraction of sp³-hybridized carbons (Fsp3) is 0.333. The molecule has 2 rings (SSSR count). The van der Waals surface area contributed by atoms with Gasteiger partial charge in [0.25, 0.3) is 0 Å². The lowest BCUT2D eigenvalue weighted by Crippen LogP contribution is -2.10. The van der Waals surface area contributed by atoms with E-state index in [-0.39, 0.29) is 5.82 Å². The Morgan fingerprint density at radius 2 is 2.10 bits per heavy atom. The zero-order valence-electron chi connectivity index (χ0n) is 12.2. The molecule has 0 fully saturated rings. The highest BCUT2D eigenvalue weighted by Crippen LogP contribution is 2.12. The molecule has 0 unspecified atom stereocenters. The maximum absolute atomic E-state index is 13.0. The molecule has 1 aromatic heterocycles. The number of nitrogen functional groups attached to an aromatic ring is 1. The van der Waals surface area contributed by atoms with Gasteiger partial charge in [0.2, 0.25) is 0 Å². The minimum Gasteiger partial charge on any atom is -0.384 e. The van der Waals surface area contributed by atoms with E-state index in [1.54, 1.807) is 19.2 Å². The van der Waals surface area contributed by atoms with E-state index in [4.69, 9.17) is 10.5 Å². The molecule has 0 saturated heterocycles. The van der Waals surface area contributed by atoms with Gasteiger partial charge < -0.3 is 15.8 Å². The minimum absolute atomic E-state index is 0.211. The maximum atomic E-state index is 13.0. The van der Waals surface area contributed by atoms with Crippen molar-refractivity contribution in [2.45, 2.75) is 20.0 Å². The van der Waals surface area contributed by atoms with Crippen molar-refractivity contribution >= 4 is 11.6 Å². The van der Waals surface area contributed by atoms with E-state index in [0.29, 0.717) is 30.6 Å². The lowest BCUT2D eigenvalue weighted by atomic mass is 10.1. The van der Waals surface area contributed by atoms with Crippen LogP contribution in [0.25, 0.3) is 0 Å². The summed E-state index contributed by atoms with van der Waals surface area (Å²) in [6, 6.07) is 6.49. The second kappa shape index (κ2) is 6.99. The van der Waals surface area contributed by atoms with E-state index in [1.165, 1.54) is 12.1 Å². The van der Waals surface area contributed by atoms with Crippen molar-refractivity contribution in [3.05, 3.63) is 47.0 Å². The number of anilines is 2. The molecular weight excluding hydrogens is 271 g/mol. The topological polar surface area (TPSA) is 73.1 Å². The molecule has 0 radical (unpaired) electrons. The van der Waals surface area contributed by atoms with Gasteiger partial charge in [0.05, 0.1) is 0 Å². The van der Waals surface area contributed by atoms with Crippen molar-refractivity contribution < 1.29 is 9.13 Å². The monoisotopic (exact) mass is 290 g/mol. The molecule has 0 atom stereocenters. The SMILES string of the molecule is COCc1nc(N)cc(NCCc2ccc(F)cc2C)n1.